The fourth-order valence-electron chi connectivity index (χ4n) is 2.26. The largest absolute Gasteiger partial charge is 0.374 e. The van der Waals surface area contributed by atoms with E-state index in [-0.39, 0.29) is 6.10 Å². The van der Waals surface area contributed by atoms with Gasteiger partial charge in [0.05, 0.1) is 25.8 Å². The number of aryl methyl sites for hydroxylation is 1. The number of aromatic nitrogens is 4. The average molecular weight is 263 g/mol. The molecular weight excluding hydrogens is 246 g/mol. The van der Waals surface area contributed by atoms with Gasteiger partial charge in [0.1, 0.15) is 0 Å². The van der Waals surface area contributed by atoms with Gasteiger partial charge in [0, 0.05) is 32.4 Å². The van der Waals surface area contributed by atoms with E-state index in [1.165, 1.54) is 0 Å². The Bertz CT molecular complexity index is 510. The summed E-state index contributed by atoms with van der Waals surface area (Å²) >= 11 is 0. The van der Waals surface area contributed by atoms with E-state index in [9.17, 15) is 0 Å². The standard InChI is InChI=1S/C12H17N5O2/c1-10-14-12(15-19-10)9-16-5-6-18-11(7-16)8-17-4-2-3-13-17/h2-4,11H,5-9H2,1H3/t11-/m1/s1. The van der Waals surface area contributed by atoms with Crippen LogP contribution in [0.25, 0.3) is 0 Å². The fraction of sp³-hybridized carbons (Fsp3) is 0.583. The van der Waals surface area contributed by atoms with Gasteiger partial charge in [-0.2, -0.15) is 10.1 Å². The molecule has 0 aliphatic carbocycles. The highest BCUT2D eigenvalue weighted by atomic mass is 16.5. The molecule has 2 aromatic rings. The molecule has 1 aliphatic heterocycles. The summed E-state index contributed by atoms with van der Waals surface area (Å²) in [5, 5.41) is 8.13. The summed E-state index contributed by atoms with van der Waals surface area (Å²) < 4.78 is 12.6. The van der Waals surface area contributed by atoms with Crippen LogP contribution in [0.3, 0.4) is 0 Å². The molecule has 0 amide bonds. The van der Waals surface area contributed by atoms with Crippen molar-refractivity contribution in [3.05, 3.63) is 30.2 Å². The molecule has 7 heteroatoms. The van der Waals surface area contributed by atoms with Gasteiger partial charge in [0.25, 0.3) is 0 Å². The first-order valence-electron chi connectivity index (χ1n) is 6.40. The minimum Gasteiger partial charge on any atom is -0.374 e. The van der Waals surface area contributed by atoms with Gasteiger partial charge >= 0.3 is 0 Å². The van der Waals surface area contributed by atoms with Crippen LogP contribution in [0, 0.1) is 6.92 Å². The molecule has 1 saturated heterocycles. The van der Waals surface area contributed by atoms with Crippen LogP contribution in [0.15, 0.2) is 23.0 Å². The second-order valence-electron chi connectivity index (χ2n) is 4.69. The molecule has 0 unspecified atom stereocenters. The SMILES string of the molecule is Cc1nc(CN2CCO[C@@H](Cn3cccn3)C2)no1. The van der Waals surface area contributed by atoms with Crippen LogP contribution in [-0.2, 0) is 17.8 Å². The lowest BCUT2D eigenvalue weighted by atomic mass is 10.2. The van der Waals surface area contributed by atoms with Gasteiger partial charge in [0.2, 0.25) is 5.89 Å². The van der Waals surface area contributed by atoms with Gasteiger partial charge < -0.3 is 9.26 Å². The first-order chi connectivity index (χ1) is 9.29. The van der Waals surface area contributed by atoms with Crippen molar-refractivity contribution in [2.45, 2.75) is 26.1 Å². The zero-order chi connectivity index (χ0) is 13.1. The van der Waals surface area contributed by atoms with E-state index < -0.39 is 0 Å². The summed E-state index contributed by atoms with van der Waals surface area (Å²) in [5.41, 5.74) is 0. The topological polar surface area (TPSA) is 69.2 Å². The van der Waals surface area contributed by atoms with E-state index in [1.54, 1.807) is 13.1 Å². The molecule has 0 saturated carbocycles. The molecule has 7 nitrogen and oxygen atoms in total. The van der Waals surface area contributed by atoms with Crippen LogP contribution in [-0.4, -0.2) is 50.6 Å². The normalized spacial score (nSPS) is 20.8. The third-order valence-electron chi connectivity index (χ3n) is 3.11. The lowest BCUT2D eigenvalue weighted by Crippen LogP contribution is -2.43. The second-order valence-corrected chi connectivity index (χ2v) is 4.69. The third kappa shape index (κ3) is 3.18. The van der Waals surface area contributed by atoms with Crippen LogP contribution in [0.5, 0.6) is 0 Å². The quantitative estimate of drug-likeness (QED) is 0.799. The molecule has 0 spiro atoms. The third-order valence-corrected chi connectivity index (χ3v) is 3.11. The highest BCUT2D eigenvalue weighted by molar-refractivity contribution is 4.86. The molecule has 1 fully saturated rings. The smallest absolute Gasteiger partial charge is 0.223 e. The Morgan fingerprint density at radius 2 is 2.42 bits per heavy atom. The van der Waals surface area contributed by atoms with Crippen molar-refractivity contribution in [2.75, 3.05) is 19.7 Å². The number of rotatable bonds is 4. The van der Waals surface area contributed by atoms with Gasteiger partial charge in [-0.25, -0.2) is 0 Å². The highest BCUT2D eigenvalue weighted by Gasteiger charge is 2.22. The monoisotopic (exact) mass is 263 g/mol. The Kier molecular flexibility index (Phi) is 3.56. The van der Waals surface area contributed by atoms with Crippen LogP contribution >= 0.6 is 0 Å². The van der Waals surface area contributed by atoms with Crippen molar-refractivity contribution in [1.29, 1.82) is 0 Å². The van der Waals surface area contributed by atoms with Gasteiger partial charge in [-0.15, -0.1) is 0 Å². The minimum absolute atomic E-state index is 0.154. The molecule has 3 rings (SSSR count). The molecule has 0 N–H and O–H groups in total. The van der Waals surface area contributed by atoms with Crippen molar-refractivity contribution in [1.82, 2.24) is 24.8 Å². The summed E-state index contributed by atoms with van der Waals surface area (Å²) in [5.74, 6) is 1.34. The Hall–Kier alpha value is -1.73. The Morgan fingerprint density at radius 3 is 3.16 bits per heavy atom. The number of ether oxygens (including phenoxy) is 1. The van der Waals surface area contributed by atoms with E-state index in [4.69, 9.17) is 9.26 Å². The minimum atomic E-state index is 0.154. The van der Waals surface area contributed by atoms with E-state index in [2.05, 4.69) is 20.1 Å². The van der Waals surface area contributed by atoms with Gasteiger partial charge in [-0.05, 0) is 6.07 Å². The first kappa shape index (κ1) is 12.3. The molecule has 0 bridgehead atoms. The van der Waals surface area contributed by atoms with E-state index in [0.717, 1.165) is 32.1 Å². The molecular formula is C12H17N5O2. The molecule has 102 valence electrons. The molecule has 3 heterocycles. The maximum atomic E-state index is 5.76. The zero-order valence-electron chi connectivity index (χ0n) is 10.9. The van der Waals surface area contributed by atoms with Gasteiger partial charge in [-0.1, -0.05) is 5.16 Å². The number of nitrogens with zero attached hydrogens (tertiary/aromatic N) is 5. The predicted octanol–water partition coefficient (Wildman–Crippen LogP) is 0.476. The summed E-state index contributed by atoms with van der Waals surface area (Å²) in [6.45, 7) is 5.75. The predicted molar refractivity (Wildman–Crippen MR) is 66.3 cm³/mol. The van der Waals surface area contributed by atoms with Crippen molar-refractivity contribution in [2.24, 2.45) is 0 Å². The summed E-state index contributed by atoms with van der Waals surface area (Å²) in [6.07, 6.45) is 3.88. The zero-order valence-corrected chi connectivity index (χ0v) is 10.9. The average Bonchev–Trinajstić information content (AvgIpc) is 3.02. The van der Waals surface area contributed by atoms with E-state index in [1.807, 2.05) is 16.9 Å². The molecule has 1 aliphatic rings. The first-order valence-corrected chi connectivity index (χ1v) is 6.40. The highest BCUT2D eigenvalue weighted by Crippen LogP contribution is 2.10. The lowest BCUT2D eigenvalue weighted by Gasteiger charge is -2.31. The van der Waals surface area contributed by atoms with Crippen LogP contribution in [0.2, 0.25) is 0 Å². The second kappa shape index (κ2) is 5.50. The lowest BCUT2D eigenvalue weighted by molar-refractivity contribution is -0.0410. The van der Waals surface area contributed by atoms with Gasteiger partial charge in [-0.3, -0.25) is 9.58 Å². The van der Waals surface area contributed by atoms with Crippen molar-refractivity contribution in [3.63, 3.8) is 0 Å². The number of morpholine rings is 1. The van der Waals surface area contributed by atoms with Crippen LogP contribution in [0.4, 0.5) is 0 Å². The fourth-order valence-corrected chi connectivity index (χ4v) is 2.26. The molecule has 0 aromatic carbocycles. The van der Waals surface area contributed by atoms with Crippen molar-refractivity contribution >= 4 is 0 Å². The summed E-state index contributed by atoms with van der Waals surface area (Å²) in [7, 11) is 0. The molecule has 19 heavy (non-hydrogen) atoms. The molecule has 0 radical (unpaired) electrons. The van der Waals surface area contributed by atoms with Crippen molar-refractivity contribution < 1.29 is 9.26 Å². The summed E-state index contributed by atoms with van der Waals surface area (Å²) in [6, 6.07) is 1.92. The number of hydrogen-bond donors (Lipinski definition) is 0. The van der Waals surface area contributed by atoms with E-state index in [0.29, 0.717) is 12.4 Å². The maximum absolute atomic E-state index is 5.76. The Morgan fingerprint density at radius 1 is 1.47 bits per heavy atom. The Balaban J connectivity index is 1.55. The number of hydrogen-bond acceptors (Lipinski definition) is 6. The van der Waals surface area contributed by atoms with Crippen LogP contribution in [0.1, 0.15) is 11.7 Å². The molecule has 1 atom stereocenters. The molecule has 2 aromatic heterocycles. The maximum Gasteiger partial charge on any atom is 0.223 e. The van der Waals surface area contributed by atoms with E-state index >= 15 is 0 Å². The summed E-state index contributed by atoms with van der Waals surface area (Å²) in [4.78, 5) is 6.51. The van der Waals surface area contributed by atoms with Crippen LogP contribution < -0.4 is 0 Å². The van der Waals surface area contributed by atoms with Crippen molar-refractivity contribution in [3.8, 4) is 0 Å². The Labute approximate surface area is 111 Å². The van der Waals surface area contributed by atoms with Gasteiger partial charge in [0.15, 0.2) is 5.82 Å².